The van der Waals surface area contributed by atoms with E-state index < -0.39 is 5.82 Å². The molecule has 0 bridgehead atoms. The molecule has 1 aromatic heterocycles. The van der Waals surface area contributed by atoms with E-state index in [1.54, 1.807) is 24.3 Å². The lowest BCUT2D eigenvalue weighted by molar-refractivity contribution is 0.103. The summed E-state index contributed by atoms with van der Waals surface area (Å²) in [5.74, 6) is -0.756. The van der Waals surface area contributed by atoms with Gasteiger partial charge in [0.1, 0.15) is 11.5 Å². The van der Waals surface area contributed by atoms with Crippen LogP contribution in [-0.2, 0) is 0 Å². The molecule has 16 heavy (non-hydrogen) atoms. The van der Waals surface area contributed by atoms with Crippen LogP contribution >= 0.6 is 15.9 Å². The normalized spacial score (nSPS) is 10.1. The first-order chi connectivity index (χ1) is 7.70. The topological polar surface area (TPSA) is 30.0 Å². The average Bonchev–Trinajstić information content (AvgIpc) is 2.33. The van der Waals surface area contributed by atoms with Gasteiger partial charge >= 0.3 is 0 Å². The minimum atomic E-state index is -0.457. The van der Waals surface area contributed by atoms with Gasteiger partial charge in [0, 0.05) is 11.8 Å². The highest BCUT2D eigenvalue weighted by atomic mass is 79.9. The van der Waals surface area contributed by atoms with Crippen LogP contribution in [0.5, 0.6) is 0 Å². The van der Waals surface area contributed by atoms with Crippen molar-refractivity contribution >= 4 is 21.7 Å². The van der Waals surface area contributed by atoms with Crippen LogP contribution in [0, 0.1) is 5.82 Å². The Morgan fingerprint density at radius 2 is 2.00 bits per heavy atom. The zero-order valence-electron chi connectivity index (χ0n) is 8.15. The molecule has 4 heteroatoms. The lowest BCUT2D eigenvalue weighted by Gasteiger charge is -2.03. The van der Waals surface area contributed by atoms with Crippen LogP contribution in [0.15, 0.2) is 47.1 Å². The summed E-state index contributed by atoms with van der Waals surface area (Å²) < 4.78 is 13.4. The molecule has 0 radical (unpaired) electrons. The van der Waals surface area contributed by atoms with E-state index in [4.69, 9.17) is 0 Å². The standard InChI is InChI=1S/C12H7BrFNO/c13-11-8(4-3-5-9(11)14)12(16)10-6-1-2-7-15-10/h1-7H. The Morgan fingerprint density at radius 1 is 1.19 bits per heavy atom. The number of pyridine rings is 1. The SMILES string of the molecule is O=C(c1ccccn1)c1cccc(F)c1Br. The summed E-state index contributed by atoms with van der Waals surface area (Å²) >= 11 is 3.05. The van der Waals surface area contributed by atoms with Gasteiger partial charge < -0.3 is 0 Å². The summed E-state index contributed by atoms with van der Waals surface area (Å²) in [5, 5.41) is 0. The first-order valence-corrected chi connectivity index (χ1v) is 5.39. The van der Waals surface area contributed by atoms with Crippen LogP contribution < -0.4 is 0 Å². The molecule has 2 rings (SSSR count). The van der Waals surface area contributed by atoms with E-state index in [9.17, 15) is 9.18 Å². The molecular weight excluding hydrogens is 273 g/mol. The Balaban J connectivity index is 2.46. The van der Waals surface area contributed by atoms with Crippen molar-refractivity contribution in [1.29, 1.82) is 0 Å². The lowest BCUT2D eigenvalue weighted by Crippen LogP contribution is -2.05. The van der Waals surface area contributed by atoms with Crippen LogP contribution in [0.1, 0.15) is 16.1 Å². The van der Waals surface area contributed by atoms with Crippen LogP contribution in [-0.4, -0.2) is 10.8 Å². The number of rotatable bonds is 2. The molecule has 1 heterocycles. The molecule has 0 fully saturated rings. The first-order valence-electron chi connectivity index (χ1n) is 4.60. The van der Waals surface area contributed by atoms with Gasteiger partial charge in [-0.05, 0) is 40.2 Å². The number of benzene rings is 1. The molecule has 0 spiro atoms. The molecule has 0 unspecified atom stereocenters. The molecule has 0 amide bonds. The largest absolute Gasteiger partial charge is 0.287 e. The van der Waals surface area contributed by atoms with Crippen molar-refractivity contribution in [3.8, 4) is 0 Å². The van der Waals surface area contributed by atoms with Gasteiger partial charge in [-0.25, -0.2) is 4.39 Å². The van der Waals surface area contributed by atoms with Gasteiger partial charge in [0.15, 0.2) is 0 Å². The van der Waals surface area contributed by atoms with Crippen molar-refractivity contribution in [1.82, 2.24) is 4.98 Å². The number of hydrogen-bond acceptors (Lipinski definition) is 2. The second-order valence-corrected chi connectivity index (χ2v) is 3.94. The van der Waals surface area contributed by atoms with Gasteiger partial charge in [0.25, 0.3) is 0 Å². The third-order valence-corrected chi connectivity index (χ3v) is 2.90. The Bertz CT molecular complexity index is 528. The van der Waals surface area contributed by atoms with Crippen molar-refractivity contribution < 1.29 is 9.18 Å². The molecule has 0 saturated heterocycles. The number of ketones is 1. The summed E-state index contributed by atoms with van der Waals surface area (Å²) in [6, 6.07) is 9.38. The van der Waals surface area contributed by atoms with E-state index in [2.05, 4.69) is 20.9 Å². The van der Waals surface area contributed by atoms with Crippen LogP contribution in [0.25, 0.3) is 0 Å². The molecule has 2 aromatic rings. The maximum atomic E-state index is 13.2. The second-order valence-electron chi connectivity index (χ2n) is 3.15. The highest BCUT2D eigenvalue weighted by molar-refractivity contribution is 9.10. The summed E-state index contributed by atoms with van der Waals surface area (Å²) in [6.07, 6.45) is 1.53. The van der Waals surface area contributed by atoms with E-state index in [1.807, 2.05) is 0 Å². The van der Waals surface area contributed by atoms with Gasteiger partial charge in [-0.1, -0.05) is 12.1 Å². The van der Waals surface area contributed by atoms with Crippen molar-refractivity contribution in [3.63, 3.8) is 0 Å². The first kappa shape index (κ1) is 11.0. The van der Waals surface area contributed by atoms with Crippen molar-refractivity contribution in [2.75, 3.05) is 0 Å². The van der Waals surface area contributed by atoms with Crippen LogP contribution in [0.4, 0.5) is 4.39 Å². The van der Waals surface area contributed by atoms with Gasteiger partial charge in [0.2, 0.25) is 5.78 Å². The second kappa shape index (κ2) is 4.53. The molecule has 0 aliphatic rings. The summed E-state index contributed by atoms with van der Waals surface area (Å²) in [4.78, 5) is 15.9. The molecule has 80 valence electrons. The van der Waals surface area contributed by atoms with Crippen LogP contribution in [0.3, 0.4) is 0 Å². The minimum Gasteiger partial charge on any atom is -0.287 e. The van der Waals surface area contributed by atoms with E-state index in [0.29, 0.717) is 5.69 Å². The fraction of sp³-hybridized carbons (Fsp3) is 0. The zero-order valence-corrected chi connectivity index (χ0v) is 9.74. The van der Waals surface area contributed by atoms with Crippen molar-refractivity contribution in [2.24, 2.45) is 0 Å². The summed E-state index contributed by atoms with van der Waals surface area (Å²) in [6.45, 7) is 0. The summed E-state index contributed by atoms with van der Waals surface area (Å²) in [7, 11) is 0. The van der Waals surface area contributed by atoms with Gasteiger partial charge in [0.05, 0.1) is 4.47 Å². The quantitative estimate of drug-likeness (QED) is 0.790. The number of carbonyl (C=O) groups is 1. The zero-order chi connectivity index (χ0) is 11.5. The van der Waals surface area contributed by atoms with Gasteiger partial charge in [-0.3, -0.25) is 9.78 Å². The number of halogens is 2. The molecule has 0 N–H and O–H groups in total. The van der Waals surface area contributed by atoms with Gasteiger partial charge in [-0.2, -0.15) is 0 Å². The maximum Gasteiger partial charge on any atom is 0.212 e. The molecule has 0 aliphatic carbocycles. The van der Waals surface area contributed by atoms with Gasteiger partial charge in [-0.15, -0.1) is 0 Å². The monoisotopic (exact) mass is 279 g/mol. The fourth-order valence-corrected chi connectivity index (χ4v) is 1.76. The molecule has 0 atom stereocenters. The highest BCUT2D eigenvalue weighted by Crippen LogP contribution is 2.22. The number of hydrogen-bond donors (Lipinski definition) is 0. The fourth-order valence-electron chi connectivity index (χ4n) is 1.31. The molecular formula is C12H7BrFNO. The van der Waals surface area contributed by atoms with E-state index in [1.165, 1.54) is 18.3 Å². The molecule has 2 nitrogen and oxygen atoms in total. The van der Waals surface area contributed by atoms with Crippen molar-refractivity contribution in [3.05, 3.63) is 64.1 Å². The average molecular weight is 280 g/mol. The summed E-state index contributed by atoms with van der Waals surface area (Å²) in [5.41, 5.74) is 0.576. The predicted octanol–water partition coefficient (Wildman–Crippen LogP) is 3.21. The van der Waals surface area contributed by atoms with E-state index in [0.717, 1.165) is 0 Å². The van der Waals surface area contributed by atoms with Crippen molar-refractivity contribution in [2.45, 2.75) is 0 Å². The molecule has 0 saturated carbocycles. The predicted molar refractivity (Wildman–Crippen MR) is 61.8 cm³/mol. The third-order valence-electron chi connectivity index (χ3n) is 2.09. The smallest absolute Gasteiger partial charge is 0.212 e. The maximum absolute atomic E-state index is 13.2. The highest BCUT2D eigenvalue weighted by Gasteiger charge is 2.15. The molecule has 0 aliphatic heterocycles. The Morgan fingerprint density at radius 3 is 2.69 bits per heavy atom. The number of nitrogens with zero attached hydrogens (tertiary/aromatic N) is 1. The van der Waals surface area contributed by atoms with Crippen LogP contribution in [0.2, 0.25) is 0 Å². The molecule has 1 aromatic carbocycles. The number of aromatic nitrogens is 1. The van der Waals surface area contributed by atoms with E-state index in [-0.39, 0.29) is 15.8 Å². The lowest BCUT2D eigenvalue weighted by atomic mass is 10.1. The Hall–Kier alpha value is -1.55. The minimum absolute atomic E-state index is 0.172. The number of carbonyl (C=O) groups excluding carboxylic acids is 1. The Kier molecular flexibility index (Phi) is 3.10. The van der Waals surface area contributed by atoms with E-state index >= 15 is 0 Å². The Labute approximate surface area is 100 Å². The third kappa shape index (κ3) is 2.02.